The van der Waals surface area contributed by atoms with Gasteiger partial charge in [-0.15, -0.1) is 0 Å². The number of piperidine rings is 1. The number of nitrogens with two attached hydrogens (primary N) is 1. The monoisotopic (exact) mass is 535 g/mol. The molecule has 40 heavy (non-hydrogen) atoms. The summed E-state index contributed by atoms with van der Waals surface area (Å²) in [6.45, 7) is 10.8. The van der Waals surface area contributed by atoms with Gasteiger partial charge in [0, 0.05) is 23.4 Å². The number of hydrogen-bond donors (Lipinski definition) is 2. The van der Waals surface area contributed by atoms with Crippen LogP contribution in [0.15, 0.2) is 61.4 Å². The quantitative estimate of drug-likeness (QED) is 0.331. The Kier molecular flexibility index (Phi) is 6.37. The van der Waals surface area contributed by atoms with Crippen molar-refractivity contribution in [3.63, 3.8) is 0 Å². The van der Waals surface area contributed by atoms with Gasteiger partial charge in [-0.1, -0.05) is 38.6 Å². The highest BCUT2D eigenvalue weighted by atomic mass is 16.2. The first-order valence-corrected chi connectivity index (χ1v) is 13.7. The number of nitrogens with zero attached hydrogens (tertiary/aromatic N) is 5. The molecule has 9 heteroatoms. The van der Waals surface area contributed by atoms with E-state index in [1.165, 1.54) is 18.0 Å². The maximum absolute atomic E-state index is 13.3. The minimum absolute atomic E-state index is 0.0188. The third kappa shape index (κ3) is 4.31. The molecule has 1 saturated carbocycles. The van der Waals surface area contributed by atoms with Gasteiger partial charge in [-0.3, -0.25) is 9.59 Å². The molecule has 2 fully saturated rings. The van der Waals surface area contributed by atoms with Crippen molar-refractivity contribution < 1.29 is 9.59 Å². The van der Waals surface area contributed by atoms with Crippen LogP contribution in [-0.2, 0) is 4.79 Å². The van der Waals surface area contributed by atoms with Crippen LogP contribution in [0, 0.1) is 12.8 Å². The Hall–Kier alpha value is -4.53. The summed E-state index contributed by atoms with van der Waals surface area (Å²) in [6.07, 6.45) is 4.65. The lowest BCUT2D eigenvalue weighted by atomic mass is 9.97. The zero-order chi connectivity index (χ0) is 28.1. The van der Waals surface area contributed by atoms with Gasteiger partial charge in [0.05, 0.1) is 17.5 Å². The van der Waals surface area contributed by atoms with Crippen LogP contribution in [0.2, 0.25) is 0 Å². The zero-order valence-electron chi connectivity index (χ0n) is 23.0. The molecule has 9 nitrogen and oxygen atoms in total. The summed E-state index contributed by atoms with van der Waals surface area (Å²) in [5, 5.41) is 8.67. The van der Waals surface area contributed by atoms with Crippen molar-refractivity contribution in [3.05, 3.63) is 78.1 Å². The molecule has 1 saturated heterocycles. The van der Waals surface area contributed by atoms with E-state index in [-0.39, 0.29) is 23.9 Å². The van der Waals surface area contributed by atoms with Crippen molar-refractivity contribution in [2.45, 2.75) is 51.6 Å². The number of nitrogens with one attached hydrogen (secondary N) is 1. The number of aryl methyl sites for hydroxylation is 1. The molecule has 6 rings (SSSR count). The number of carbonyl (C=O) groups is 2. The van der Waals surface area contributed by atoms with Crippen LogP contribution in [0.5, 0.6) is 0 Å². The molecule has 2 aromatic heterocycles. The van der Waals surface area contributed by atoms with Gasteiger partial charge in [-0.2, -0.15) is 5.10 Å². The Bertz CT molecular complexity index is 1660. The van der Waals surface area contributed by atoms with Crippen molar-refractivity contribution in [1.82, 2.24) is 24.6 Å². The summed E-state index contributed by atoms with van der Waals surface area (Å²) in [5.74, 6) is 0.876. The van der Waals surface area contributed by atoms with Crippen LogP contribution in [-0.4, -0.2) is 49.0 Å². The Morgan fingerprint density at radius 2 is 1.93 bits per heavy atom. The van der Waals surface area contributed by atoms with Crippen molar-refractivity contribution in [2.75, 3.05) is 17.6 Å². The largest absolute Gasteiger partial charge is 0.383 e. The van der Waals surface area contributed by atoms with Crippen LogP contribution < -0.4 is 11.1 Å². The lowest BCUT2D eigenvalue weighted by molar-refractivity contribution is -0.128. The highest BCUT2D eigenvalue weighted by Gasteiger charge is 2.48. The van der Waals surface area contributed by atoms with Crippen molar-refractivity contribution in [2.24, 2.45) is 5.92 Å². The summed E-state index contributed by atoms with van der Waals surface area (Å²) >= 11 is 0. The second-order valence-corrected chi connectivity index (χ2v) is 11.2. The molecule has 3 N–H and O–H groups in total. The van der Waals surface area contributed by atoms with Crippen LogP contribution in [0.3, 0.4) is 0 Å². The molecule has 3 unspecified atom stereocenters. The normalized spacial score (nSPS) is 19.9. The number of rotatable bonds is 6. The first kappa shape index (κ1) is 25.7. The van der Waals surface area contributed by atoms with E-state index in [9.17, 15) is 9.59 Å². The van der Waals surface area contributed by atoms with Gasteiger partial charge >= 0.3 is 0 Å². The molecular weight excluding hydrogens is 502 g/mol. The van der Waals surface area contributed by atoms with Crippen molar-refractivity contribution in [1.29, 1.82) is 0 Å². The van der Waals surface area contributed by atoms with E-state index in [1.807, 2.05) is 39.9 Å². The standard InChI is InChI=1S/C31H33N7O2/c1-5-26(39)37-15-19-12-24(37)25(13-19)38-30-27(29(32)33-16-34-30)28(36-38)20-7-6-8-21(14-20)31(40)35-22-9-10-23(17(2)3)18(4)11-22/h5-11,14,16-17,19,24-25H,1,12-13,15H2,2-4H3,(H,35,40)(H2,32,33,34). The minimum atomic E-state index is -0.210. The number of nitrogen functional groups attached to an aromatic ring is 1. The van der Waals surface area contributed by atoms with Gasteiger partial charge in [0.15, 0.2) is 5.65 Å². The van der Waals surface area contributed by atoms with Gasteiger partial charge in [0.25, 0.3) is 5.91 Å². The predicted molar refractivity (Wildman–Crippen MR) is 156 cm³/mol. The summed E-state index contributed by atoms with van der Waals surface area (Å²) < 4.78 is 1.90. The minimum Gasteiger partial charge on any atom is -0.383 e. The molecule has 3 heterocycles. The lowest BCUT2D eigenvalue weighted by Crippen LogP contribution is -2.42. The smallest absolute Gasteiger partial charge is 0.255 e. The van der Waals surface area contributed by atoms with Crippen LogP contribution in [0.1, 0.15) is 60.1 Å². The van der Waals surface area contributed by atoms with E-state index in [0.717, 1.165) is 36.2 Å². The number of hydrogen-bond acceptors (Lipinski definition) is 6. The topological polar surface area (TPSA) is 119 Å². The Morgan fingerprint density at radius 3 is 2.65 bits per heavy atom. The number of benzene rings is 2. The second-order valence-electron chi connectivity index (χ2n) is 11.2. The molecule has 3 atom stereocenters. The van der Waals surface area contributed by atoms with Gasteiger partial charge < -0.3 is 16.0 Å². The number of aromatic nitrogens is 4. The molecule has 0 spiro atoms. The van der Waals surface area contributed by atoms with E-state index in [2.05, 4.69) is 48.7 Å². The molecule has 2 aliphatic rings. The van der Waals surface area contributed by atoms with Crippen LogP contribution >= 0.6 is 0 Å². The number of carbonyl (C=O) groups excluding carboxylic acids is 2. The summed E-state index contributed by atoms with van der Waals surface area (Å²) in [5.41, 5.74) is 12.0. The fraction of sp³-hybridized carbons (Fsp3) is 0.323. The van der Waals surface area contributed by atoms with Gasteiger partial charge in [0.1, 0.15) is 17.8 Å². The van der Waals surface area contributed by atoms with E-state index < -0.39 is 0 Å². The fourth-order valence-electron chi connectivity index (χ4n) is 6.47. The average molecular weight is 536 g/mol. The van der Waals surface area contributed by atoms with Gasteiger partial charge in [0.2, 0.25) is 5.91 Å². The molecule has 204 valence electrons. The third-order valence-electron chi connectivity index (χ3n) is 8.29. The molecule has 1 aliphatic carbocycles. The van der Waals surface area contributed by atoms with Crippen LogP contribution in [0.4, 0.5) is 11.5 Å². The highest BCUT2D eigenvalue weighted by Crippen LogP contribution is 2.46. The molecule has 1 aliphatic heterocycles. The van der Waals surface area contributed by atoms with Gasteiger partial charge in [-0.05, 0) is 73.1 Å². The van der Waals surface area contributed by atoms with E-state index in [0.29, 0.717) is 39.9 Å². The summed E-state index contributed by atoms with van der Waals surface area (Å²) in [4.78, 5) is 36.5. The fourth-order valence-corrected chi connectivity index (χ4v) is 6.47. The van der Waals surface area contributed by atoms with Crippen molar-refractivity contribution >= 4 is 34.4 Å². The molecule has 4 aromatic rings. The van der Waals surface area contributed by atoms with Crippen molar-refractivity contribution in [3.8, 4) is 11.3 Å². The summed E-state index contributed by atoms with van der Waals surface area (Å²) in [7, 11) is 0. The Labute approximate surface area is 233 Å². The zero-order valence-corrected chi connectivity index (χ0v) is 23.0. The Balaban J connectivity index is 1.35. The SMILES string of the molecule is C=CC(=O)N1CC2CC1C(n1nc(-c3cccc(C(=O)Nc4ccc(C(C)C)c(C)c4)c3)c3c(N)ncnc31)C2. The van der Waals surface area contributed by atoms with Gasteiger partial charge in [-0.25, -0.2) is 14.6 Å². The third-order valence-corrected chi connectivity index (χ3v) is 8.29. The van der Waals surface area contributed by atoms with E-state index in [1.54, 1.807) is 6.07 Å². The van der Waals surface area contributed by atoms with E-state index in [4.69, 9.17) is 10.8 Å². The number of anilines is 2. The highest BCUT2D eigenvalue weighted by molar-refractivity contribution is 6.06. The first-order chi connectivity index (χ1) is 19.2. The number of likely N-dealkylation sites (tertiary alicyclic amines) is 1. The molecular formula is C31H33N7O2. The van der Waals surface area contributed by atoms with Crippen LogP contribution in [0.25, 0.3) is 22.3 Å². The molecule has 2 amide bonds. The first-order valence-electron chi connectivity index (χ1n) is 13.7. The molecule has 2 bridgehead atoms. The summed E-state index contributed by atoms with van der Waals surface area (Å²) in [6, 6.07) is 13.3. The predicted octanol–water partition coefficient (Wildman–Crippen LogP) is 5.11. The van der Waals surface area contributed by atoms with E-state index >= 15 is 0 Å². The average Bonchev–Trinajstić information content (AvgIpc) is 3.66. The second kappa shape index (κ2) is 9.89. The molecule has 2 aromatic carbocycles. The number of fused-ring (bicyclic) bond motifs is 3. The Morgan fingerprint density at radius 1 is 1.12 bits per heavy atom. The molecule has 0 radical (unpaired) electrons. The maximum atomic E-state index is 13.3. The lowest BCUT2D eigenvalue weighted by Gasteiger charge is -2.32. The maximum Gasteiger partial charge on any atom is 0.255 e. The number of amides is 2.